The summed E-state index contributed by atoms with van der Waals surface area (Å²) in [6, 6.07) is 0. The molecule has 2 N–H and O–H groups in total. The fourth-order valence-corrected chi connectivity index (χ4v) is 2.12. The smallest absolute Gasteiger partial charge is 0.191 e. The molecule has 2 aliphatic rings. The molecule has 3 heteroatoms. The molecule has 0 bridgehead atoms. The summed E-state index contributed by atoms with van der Waals surface area (Å²) in [5.74, 6) is 0.998. The summed E-state index contributed by atoms with van der Waals surface area (Å²) in [5, 5.41) is 6.64. The molecule has 0 aromatic heterocycles. The minimum absolute atomic E-state index is 0.970. The van der Waals surface area contributed by atoms with E-state index in [9.17, 15) is 0 Å². The normalized spacial score (nSPS) is 21.3. The van der Waals surface area contributed by atoms with Crippen LogP contribution in [0.2, 0.25) is 0 Å². The van der Waals surface area contributed by atoms with Crippen molar-refractivity contribution >= 4 is 5.96 Å². The molecule has 0 amide bonds. The van der Waals surface area contributed by atoms with E-state index in [-0.39, 0.29) is 0 Å². The van der Waals surface area contributed by atoms with Gasteiger partial charge in [-0.2, -0.15) is 0 Å². The van der Waals surface area contributed by atoms with E-state index < -0.39 is 0 Å². The summed E-state index contributed by atoms with van der Waals surface area (Å²) < 4.78 is 0. The minimum Gasteiger partial charge on any atom is -0.356 e. The molecule has 0 unspecified atom stereocenters. The number of allylic oxidation sites excluding steroid dienone is 1. The molecule has 0 aromatic carbocycles. The number of nitrogens with zero attached hydrogens (tertiary/aromatic N) is 1. The third-order valence-corrected chi connectivity index (χ3v) is 3.02. The van der Waals surface area contributed by atoms with Gasteiger partial charge in [-0.1, -0.05) is 11.6 Å². The predicted molar refractivity (Wildman–Crippen MR) is 64.1 cm³/mol. The van der Waals surface area contributed by atoms with Gasteiger partial charge in [0.2, 0.25) is 0 Å². The second-order valence-electron chi connectivity index (χ2n) is 4.30. The number of nitrogens with one attached hydrogen (secondary N) is 2. The summed E-state index contributed by atoms with van der Waals surface area (Å²) in [4.78, 5) is 4.39. The summed E-state index contributed by atoms with van der Waals surface area (Å²) >= 11 is 0. The third-order valence-electron chi connectivity index (χ3n) is 3.02. The fourth-order valence-electron chi connectivity index (χ4n) is 2.12. The second kappa shape index (κ2) is 5.79. The summed E-state index contributed by atoms with van der Waals surface area (Å²) in [6.07, 6.45) is 10.1. The highest BCUT2D eigenvalue weighted by atomic mass is 15.2. The van der Waals surface area contributed by atoms with E-state index >= 15 is 0 Å². The Morgan fingerprint density at radius 3 is 3.07 bits per heavy atom. The van der Waals surface area contributed by atoms with Gasteiger partial charge < -0.3 is 10.6 Å². The molecule has 15 heavy (non-hydrogen) atoms. The molecule has 0 aromatic rings. The van der Waals surface area contributed by atoms with Crippen molar-refractivity contribution in [3.8, 4) is 0 Å². The van der Waals surface area contributed by atoms with Gasteiger partial charge in [-0.25, -0.2) is 0 Å². The lowest BCUT2D eigenvalue weighted by Gasteiger charge is -2.17. The summed E-state index contributed by atoms with van der Waals surface area (Å²) in [7, 11) is 0. The Morgan fingerprint density at radius 1 is 1.33 bits per heavy atom. The van der Waals surface area contributed by atoms with Gasteiger partial charge in [-0.05, 0) is 38.5 Å². The highest BCUT2D eigenvalue weighted by molar-refractivity contribution is 5.80. The number of rotatable bonds is 3. The number of guanidine groups is 1. The Bertz CT molecular complexity index is 230. The zero-order valence-electron chi connectivity index (χ0n) is 9.39. The van der Waals surface area contributed by atoms with Gasteiger partial charge in [0.25, 0.3) is 0 Å². The van der Waals surface area contributed by atoms with E-state index in [4.69, 9.17) is 0 Å². The maximum atomic E-state index is 4.39. The van der Waals surface area contributed by atoms with Gasteiger partial charge >= 0.3 is 0 Å². The molecule has 1 aliphatic carbocycles. The first kappa shape index (κ1) is 10.5. The molecule has 0 saturated heterocycles. The van der Waals surface area contributed by atoms with E-state index in [1.54, 1.807) is 5.57 Å². The molecule has 0 fully saturated rings. The van der Waals surface area contributed by atoms with Crippen LogP contribution in [0.5, 0.6) is 0 Å². The monoisotopic (exact) mass is 207 g/mol. The van der Waals surface area contributed by atoms with Gasteiger partial charge in [0.15, 0.2) is 5.96 Å². The van der Waals surface area contributed by atoms with E-state index in [2.05, 4.69) is 21.7 Å². The van der Waals surface area contributed by atoms with E-state index in [0.717, 1.165) is 32.0 Å². The summed E-state index contributed by atoms with van der Waals surface area (Å²) in [5.41, 5.74) is 1.63. The van der Waals surface area contributed by atoms with Crippen molar-refractivity contribution in [2.45, 2.75) is 38.5 Å². The van der Waals surface area contributed by atoms with Gasteiger partial charge in [0.1, 0.15) is 0 Å². The zero-order valence-corrected chi connectivity index (χ0v) is 9.39. The van der Waals surface area contributed by atoms with Crippen molar-refractivity contribution in [2.75, 3.05) is 19.6 Å². The molecule has 2 rings (SSSR count). The minimum atomic E-state index is 0.970. The number of aliphatic imine (C=N–C) groups is 1. The molecule has 0 saturated carbocycles. The van der Waals surface area contributed by atoms with Crippen LogP contribution in [-0.2, 0) is 0 Å². The molecule has 3 nitrogen and oxygen atoms in total. The zero-order chi connectivity index (χ0) is 10.3. The Hall–Kier alpha value is -0.990. The first-order valence-electron chi connectivity index (χ1n) is 6.15. The lowest BCUT2D eigenvalue weighted by atomic mass is 9.97. The molecular formula is C12H21N3. The molecule has 0 radical (unpaired) electrons. The van der Waals surface area contributed by atoms with Crippen LogP contribution in [0.4, 0.5) is 0 Å². The van der Waals surface area contributed by atoms with Crippen molar-refractivity contribution < 1.29 is 0 Å². The number of hydrogen-bond donors (Lipinski definition) is 2. The van der Waals surface area contributed by atoms with Gasteiger partial charge in [0, 0.05) is 19.6 Å². The molecule has 1 heterocycles. The molecule has 84 valence electrons. The maximum Gasteiger partial charge on any atom is 0.191 e. The van der Waals surface area contributed by atoms with Gasteiger partial charge in [0.05, 0.1) is 0 Å². The van der Waals surface area contributed by atoms with E-state index in [0.29, 0.717) is 0 Å². The van der Waals surface area contributed by atoms with Gasteiger partial charge in [-0.15, -0.1) is 0 Å². The lowest BCUT2D eigenvalue weighted by molar-refractivity contribution is 0.657. The average Bonchev–Trinajstić information content (AvgIpc) is 2.32. The van der Waals surface area contributed by atoms with Crippen LogP contribution in [0.3, 0.4) is 0 Å². The van der Waals surface area contributed by atoms with Crippen LogP contribution >= 0.6 is 0 Å². The number of hydrogen-bond acceptors (Lipinski definition) is 3. The van der Waals surface area contributed by atoms with Gasteiger partial charge in [-0.3, -0.25) is 4.99 Å². The van der Waals surface area contributed by atoms with Crippen molar-refractivity contribution in [2.24, 2.45) is 4.99 Å². The highest BCUT2D eigenvalue weighted by Gasteiger charge is 2.05. The quantitative estimate of drug-likeness (QED) is 0.693. The van der Waals surface area contributed by atoms with Crippen LogP contribution in [0.25, 0.3) is 0 Å². The predicted octanol–water partition coefficient (Wildman–Crippen LogP) is 1.82. The van der Waals surface area contributed by atoms with E-state index in [1.165, 1.54) is 32.1 Å². The van der Waals surface area contributed by atoms with Crippen molar-refractivity contribution in [1.82, 2.24) is 10.6 Å². The van der Waals surface area contributed by atoms with Crippen molar-refractivity contribution in [1.29, 1.82) is 0 Å². The Kier molecular flexibility index (Phi) is 4.06. The standard InChI is InChI=1S/C12H21N3/c1-2-5-11(6-3-1)7-10-15-12-13-8-4-9-14-12/h5H,1-4,6-10H2,(H2,13,14,15). The average molecular weight is 207 g/mol. The largest absolute Gasteiger partial charge is 0.356 e. The summed E-state index contributed by atoms with van der Waals surface area (Å²) in [6.45, 7) is 3.06. The van der Waals surface area contributed by atoms with Crippen LogP contribution in [0, 0.1) is 0 Å². The maximum absolute atomic E-state index is 4.39. The topological polar surface area (TPSA) is 36.4 Å². The lowest BCUT2D eigenvalue weighted by Crippen LogP contribution is -2.41. The first-order chi connectivity index (χ1) is 7.45. The molecular weight excluding hydrogens is 186 g/mol. The van der Waals surface area contributed by atoms with Crippen LogP contribution in [-0.4, -0.2) is 25.6 Å². The Balaban J connectivity index is 1.65. The van der Waals surface area contributed by atoms with Crippen molar-refractivity contribution in [3.63, 3.8) is 0 Å². The highest BCUT2D eigenvalue weighted by Crippen LogP contribution is 2.19. The molecule has 0 atom stereocenters. The Labute approximate surface area is 92.0 Å². The molecule has 1 aliphatic heterocycles. The Morgan fingerprint density at radius 2 is 2.33 bits per heavy atom. The third kappa shape index (κ3) is 3.57. The fraction of sp³-hybridized carbons (Fsp3) is 0.750. The molecule has 0 spiro atoms. The van der Waals surface area contributed by atoms with Crippen LogP contribution in [0.15, 0.2) is 16.6 Å². The van der Waals surface area contributed by atoms with Crippen LogP contribution in [0.1, 0.15) is 38.5 Å². The SMILES string of the molecule is C1=C(CCNC2=NCCCN2)CCCC1. The van der Waals surface area contributed by atoms with E-state index in [1.807, 2.05) is 0 Å². The second-order valence-corrected chi connectivity index (χ2v) is 4.30. The first-order valence-corrected chi connectivity index (χ1v) is 6.15. The van der Waals surface area contributed by atoms with Crippen LogP contribution < -0.4 is 10.6 Å². The van der Waals surface area contributed by atoms with Crippen molar-refractivity contribution in [3.05, 3.63) is 11.6 Å².